The quantitative estimate of drug-likeness (QED) is 0.698. The molecule has 0 radical (unpaired) electrons. The number of amides is 1. The Hall–Kier alpha value is -1.06. The summed E-state index contributed by atoms with van der Waals surface area (Å²) < 4.78 is 0. The maximum absolute atomic E-state index is 11.6. The molecule has 0 aromatic rings. The summed E-state index contributed by atoms with van der Waals surface area (Å²) in [6, 6.07) is 0. The zero-order valence-corrected chi connectivity index (χ0v) is 10.1. The topological polar surface area (TPSA) is 66.4 Å². The Bertz CT molecular complexity index is 241. The molecule has 0 aromatic heterocycles. The van der Waals surface area contributed by atoms with Crippen molar-refractivity contribution in [1.29, 1.82) is 0 Å². The molecule has 4 heteroatoms. The van der Waals surface area contributed by atoms with E-state index in [0.29, 0.717) is 6.54 Å². The Morgan fingerprint density at radius 2 is 1.73 bits per heavy atom. The lowest BCUT2D eigenvalue weighted by atomic mass is 9.93. The number of carboxylic acid groups (broad SMARTS) is 1. The smallest absolute Gasteiger partial charge is 0.316 e. The van der Waals surface area contributed by atoms with Crippen LogP contribution in [0, 0.1) is 17.3 Å². The third kappa shape index (κ3) is 5.40. The molecule has 0 heterocycles. The van der Waals surface area contributed by atoms with Crippen LogP contribution in [0.1, 0.15) is 34.6 Å². The van der Waals surface area contributed by atoms with E-state index in [2.05, 4.69) is 5.32 Å². The summed E-state index contributed by atoms with van der Waals surface area (Å²) in [7, 11) is 0. The highest BCUT2D eigenvalue weighted by Gasteiger charge is 2.29. The molecular weight excluding hydrogens is 194 g/mol. The fraction of sp³-hybridized carbons (Fsp3) is 0.818. The number of rotatable bonds is 4. The molecule has 0 rings (SSSR count). The van der Waals surface area contributed by atoms with Crippen LogP contribution >= 0.6 is 0 Å². The maximum Gasteiger partial charge on any atom is 0.316 e. The van der Waals surface area contributed by atoms with Crippen molar-refractivity contribution < 1.29 is 14.7 Å². The third-order valence-corrected chi connectivity index (χ3v) is 2.01. The first-order valence-corrected chi connectivity index (χ1v) is 5.15. The van der Waals surface area contributed by atoms with E-state index >= 15 is 0 Å². The summed E-state index contributed by atoms with van der Waals surface area (Å²) >= 11 is 0. The summed E-state index contributed by atoms with van der Waals surface area (Å²) in [6.07, 6.45) is 0. The van der Waals surface area contributed by atoms with Gasteiger partial charge in [-0.25, -0.2) is 0 Å². The van der Waals surface area contributed by atoms with Crippen LogP contribution in [0.15, 0.2) is 0 Å². The SMILES string of the molecule is CC(C)C(C(=O)O)C(=O)NCC(C)(C)C. The molecule has 1 amide bonds. The number of nitrogens with one attached hydrogen (secondary N) is 1. The predicted octanol–water partition coefficient (Wildman–Crippen LogP) is 1.51. The highest BCUT2D eigenvalue weighted by molar-refractivity contribution is 5.97. The molecule has 1 atom stereocenters. The number of hydrogen-bond donors (Lipinski definition) is 2. The van der Waals surface area contributed by atoms with Gasteiger partial charge in [-0.05, 0) is 11.3 Å². The average Bonchev–Trinajstić information content (AvgIpc) is 1.97. The number of aliphatic carboxylic acids is 1. The normalized spacial score (nSPS) is 13.7. The van der Waals surface area contributed by atoms with Gasteiger partial charge >= 0.3 is 5.97 Å². The van der Waals surface area contributed by atoms with E-state index in [1.165, 1.54) is 0 Å². The van der Waals surface area contributed by atoms with E-state index in [0.717, 1.165) is 0 Å². The first-order valence-electron chi connectivity index (χ1n) is 5.15. The molecule has 4 nitrogen and oxygen atoms in total. The molecule has 0 aromatic carbocycles. The van der Waals surface area contributed by atoms with Gasteiger partial charge in [-0.3, -0.25) is 9.59 Å². The van der Waals surface area contributed by atoms with Crippen molar-refractivity contribution >= 4 is 11.9 Å². The fourth-order valence-corrected chi connectivity index (χ4v) is 1.16. The lowest BCUT2D eigenvalue weighted by molar-refractivity contribution is -0.149. The minimum Gasteiger partial charge on any atom is -0.481 e. The lowest BCUT2D eigenvalue weighted by Gasteiger charge is -2.21. The van der Waals surface area contributed by atoms with Gasteiger partial charge in [0, 0.05) is 6.54 Å². The minimum absolute atomic E-state index is 0.0321. The molecule has 15 heavy (non-hydrogen) atoms. The van der Waals surface area contributed by atoms with Gasteiger partial charge in [-0.15, -0.1) is 0 Å². The molecule has 88 valence electrons. The van der Waals surface area contributed by atoms with Crippen molar-refractivity contribution in [3.63, 3.8) is 0 Å². The first kappa shape index (κ1) is 13.9. The molecule has 0 spiro atoms. The van der Waals surface area contributed by atoms with Gasteiger partial charge in [-0.2, -0.15) is 0 Å². The van der Waals surface area contributed by atoms with Crippen molar-refractivity contribution in [2.75, 3.05) is 6.54 Å². The van der Waals surface area contributed by atoms with Crippen molar-refractivity contribution in [1.82, 2.24) is 5.32 Å². The van der Waals surface area contributed by atoms with Crippen LogP contribution in [0.2, 0.25) is 0 Å². The average molecular weight is 215 g/mol. The molecule has 2 N–H and O–H groups in total. The monoisotopic (exact) mass is 215 g/mol. The van der Waals surface area contributed by atoms with E-state index < -0.39 is 17.8 Å². The number of carboxylic acids is 1. The van der Waals surface area contributed by atoms with Gasteiger partial charge in [0.05, 0.1) is 0 Å². The molecule has 0 aliphatic rings. The second-order valence-corrected chi connectivity index (χ2v) is 5.34. The third-order valence-electron chi connectivity index (χ3n) is 2.01. The lowest BCUT2D eigenvalue weighted by Crippen LogP contribution is -2.41. The molecule has 0 fully saturated rings. The van der Waals surface area contributed by atoms with E-state index in [1.807, 2.05) is 20.8 Å². The summed E-state index contributed by atoms with van der Waals surface area (Å²) in [5.74, 6) is -2.60. The maximum atomic E-state index is 11.6. The predicted molar refractivity (Wildman–Crippen MR) is 58.4 cm³/mol. The van der Waals surface area contributed by atoms with Crippen molar-refractivity contribution in [3.8, 4) is 0 Å². The second-order valence-electron chi connectivity index (χ2n) is 5.34. The van der Waals surface area contributed by atoms with Gasteiger partial charge in [0.1, 0.15) is 5.92 Å². The number of carbonyl (C=O) groups excluding carboxylic acids is 1. The van der Waals surface area contributed by atoms with Crippen LogP contribution < -0.4 is 5.32 Å². The van der Waals surface area contributed by atoms with Gasteiger partial charge in [0.25, 0.3) is 0 Å². The van der Waals surface area contributed by atoms with Crippen LogP contribution in [0.4, 0.5) is 0 Å². The summed E-state index contributed by atoms with van der Waals surface area (Å²) in [5.41, 5.74) is -0.0321. The van der Waals surface area contributed by atoms with Crippen LogP contribution in [0.25, 0.3) is 0 Å². The Kier molecular flexibility index (Phi) is 4.78. The van der Waals surface area contributed by atoms with Gasteiger partial charge in [-0.1, -0.05) is 34.6 Å². The van der Waals surface area contributed by atoms with Crippen molar-refractivity contribution in [2.45, 2.75) is 34.6 Å². The van der Waals surface area contributed by atoms with Gasteiger partial charge in [0.2, 0.25) is 5.91 Å². The molecule has 0 aliphatic heterocycles. The highest BCUT2D eigenvalue weighted by atomic mass is 16.4. The largest absolute Gasteiger partial charge is 0.481 e. The minimum atomic E-state index is -1.06. The van der Waals surface area contributed by atoms with Gasteiger partial charge in [0.15, 0.2) is 0 Å². The Morgan fingerprint density at radius 3 is 2.00 bits per heavy atom. The standard InChI is InChI=1S/C11H21NO3/c1-7(2)8(10(14)15)9(13)12-6-11(3,4)5/h7-8H,6H2,1-5H3,(H,12,13)(H,14,15). The van der Waals surface area contributed by atoms with E-state index in [1.54, 1.807) is 13.8 Å². The highest BCUT2D eigenvalue weighted by Crippen LogP contribution is 2.14. The fourth-order valence-electron chi connectivity index (χ4n) is 1.16. The van der Waals surface area contributed by atoms with Crippen LogP contribution in [0.3, 0.4) is 0 Å². The number of carbonyl (C=O) groups is 2. The zero-order chi connectivity index (χ0) is 12.2. The molecular formula is C11H21NO3. The number of hydrogen-bond acceptors (Lipinski definition) is 2. The molecule has 0 aliphatic carbocycles. The van der Waals surface area contributed by atoms with Crippen molar-refractivity contribution in [2.24, 2.45) is 17.3 Å². The molecule has 1 unspecified atom stereocenters. The Labute approximate surface area is 91.1 Å². The van der Waals surface area contributed by atoms with E-state index in [-0.39, 0.29) is 11.3 Å². The van der Waals surface area contributed by atoms with Crippen LogP contribution in [-0.4, -0.2) is 23.5 Å². The van der Waals surface area contributed by atoms with Crippen LogP contribution in [0.5, 0.6) is 0 Å². The summed E-state index contributed by atoms with van der Waals surface area (Å²) in [5, 5.41) is 11.5. The van der Waals surface area contributed by atoms with Gasteiger partial charge < -0.3 is 10.4 Å². The first-order chi connectivity index (χ1) is 6.65. The van der Waals surface area contributed by atoms with Crippen LogP contribution in [-0.2, 0) is 9.59 Å². The van der Waals surface area contributed by atoms with E-state index in [9.17, 15) is 9.59 Å². The summed E-state index contributed by atoms with van der Waals surface area (Å²) in [6.45, 7) is 9.91. The van der Waals surface area contributed by atoms with Crippen molar-refractivity contribution in [3.05, 3.63) is 0 Å². The summed E-state index contributed by atoms with van der Waals surface area (Å²) in [4.78, 5) is 22.4. The Morgan fingerprint density at radius 1 is 1.27 bits per heavy atom. The molecule has 0 saturated heterocycles. The molecule has 0 bridgehead atoms. The zero-order valence-electron chi connectivity index (χ0n) is 10.1. The molecule has 0 saturated carbocycles. The second kappa shape index (κ2) is 5.14. The van der Waals surface area contributed by atoms with E-state index in [4.69, 9.17) is 5.11 Å². The Balaban J connectivity index is 4.35.